The Hall–Kier alpha value is -2.21. The van der Waals surface area contributed by atoms with Gasteiger partial charge in [0, 0.05) is 6.20 Å². The van der Waals surface area contributed by atoms with Crippen molar-refractivity contribution in [3.63, 3.8) is 0 Å². The third-order valence-electron chi connectivity index (χ3n) is 2.69. The summed E-state index contributed by atoms with van der Waals surface area (Å²) >= 11 is 0. The fourth-order valence-corrected chi connectivity index (χ4v) is 2.97. The lowest BCUT2D eigenvalue weighted by Crippen LogP contribution is -2.07. The van der Waals surface area contributed by atoms with E-state index in [1.165, 1.54) is 31.5 Å². The van der Waals surface area contributed by atoms with E-state index in [0.29, 0.717) is 11.1 Å². The van der Waals surface area contributed by atoms with Crippen molar-refractivity contribution in [2.45, 2.75) is 10.8 Å². The standard InChI is InChI=1S/C14H13NO4S/c1-19-14(16)12-7-5-11(6-8-12)10-20(17,18)13-4-2-3-9-15-13/h2-9H,10H2,1H3. The highest BCUT2D eigenvalue weighted by Crippen LogP contribution is 2.15. The molecule has 2 rings (SSSR count). The number of sulfone groups is 1. The normalized spacial score (nSPS) is 11.1. The van der Waals surface area contributed by atoms with Crippen LogP contribution >= 0.6 is 0 Å². The molecule has 0 radical (unpaired) electrons. The van der Waals surface area contributed by atoms with E-state index in [2.05, 4.69) is 9.72 Å². The molecule has 1 aromatic carbocycles. The van der Waals surface area contributed by atoms with Crippen LogP contribution in [0.3, 0.4) is 0 Å². The van der Waals surface area contributed by atoms with E-state index in [1.807, 2.05) is 0 Å². The second-order valence-electron chi connectivity index (χ2n) is 4.12. The largest absolute Gasteiger partial charge is 0.465 e. The van der Waals surface area contributed by atoms with Crippen LogP contribution < -0.4 is 0 Å². The summed E-state index contributed by atoms with van der Waals surface area (Å²) in [7, 11) is -2.19. The van der Waals surface area contributed by atoms with Crippen LogP contribution in [0.2, 0.25) is 0 Å². The number of carbonyl (C=O) groups is 1. The molecule has 0 unspecified atom stereocenters. The van der Waals surface area contributed by atoms with Crippen LogP contribution in [-0.2, 0) is 20.3 Å². The number of hydrogen-bond donors (Lipinski definition) is 0. The molecule has 104 valence electrons. The Morgan fingerprint density at radius 3 is 2.40 bits per heavy atom. The Kier molecular flexibility index (Phi) is 4.14. The minimum atomic E-state index is -3.48. The molecule has 2 aromatic rings. The fraction of sp³-hybridized carbons (Fsp3) is 0.143. The molecule has 0 atom stereocenters. The van der Waals surface area contributed by atoms with E-state index in [1.54, 1.807) is 24.3 Å². The Morgan fingerprint density at radius 1 is 1.15 bits per heavy atom. The maximum absolute atomic E-state index is 12.1. The number of carbonyl (C=O) groups excluding carboxylic acids is 1. The summed E-state index contributed by atoms with van der Waals surface area (Å²) < 4.78 is 28.8. The van der Waals surface area contributed by atoms with Crippen LogP contribution in [0.15, 0.2) is 53.7 Å². The summed E-state index contributed by atoms with van der Waals surface area (Å²) in [6.45, 7) is 0. The molecule has 20 heavy (non-hydrogen) atoms. The summed E-state index contributed by atoms with van der Waals surface area (Å²) in [6, 6.07) is 11.0. The molecule has 0 saturated heterocycles. The number of ether oxygens (including phenoxy) is 1. The van der Waals surface area contributed by atoms with E-state index in [9.17, 15) is 13.2 Å². The van der Waals surface area contributed by atoms with Crippen LogP contribution in [0.5, 0.6) is 0 Å². The monoisotopic (exact) mass is 291 g/mol. The van der Waals surface area contributed by atoms with Crippen LogP contribution in [0.4, 0.5) is 0 Å². The van der Waals surface area contributed by atoms with Crippen LogP contribution in [0, 0.1) is 0 Å². The van der Waals surface area contributed by atoms with Gasteiger partial charge in [-0.15, -0.1) is 0 Å². The predicted molar refractivity (Wildman–Crippen MR) is 72.9 cm³/mol. The molecule has 1 aromatic heterocycles. The topological polar surface area (TPSA) is 73.3 Å². The summed E-state index contributed by atoms with van der Waals surface area (Å²) in [5, 5.41) is 0.0389. The van der Waals surface area contributed by atoms with E-state index < -0.39 is 15.8 Å². The molecular formula is C14H13NO4S. The molecular weight excluding hydrogens is 278 g/mol. The van der Waals surface area contributed by atoms with Crippen LogP contribution in [0.25, 0.3) is 0 Å². The van der Waals surface area contributed by atoms with Crippen molar-refractivity contribution >= 4 is 15.8 Å². The van der Waals surface area contributed by atoms with Gasteiger partial charge in [-0.3, -0.25) is 0 Å². The smallest absolute Gasteiger partial charge is 0.337 e. The third kappa shape index (κ3) is 3.21. The lowest BCUT2D eigenvalue weighted by Gasteiger charge is -2.04. The second kappa shape index (κ2) is 5.83. The minimum absolute atomic E-state index is 0.0389. The third-order valence-corrected chi connectivity index (χ3v) is 4.28. The highest BCUT2D eigenvalue weighted by Gasteiger charge is 2.16. The maximum Gasteiger partial charge on any atom is 0.337 e. The number of pyridine rings is 1. The highest BCUT2D eigenvalue weighted by atomic mass is 32.2. The Bertz CT molecular complexity index is 694. The molecule has 0 aliphatic carbocycles. The van der Waals surface area contributed by atoms with E-state index in [4.69, 9.17) is 0 Å². The van der Waals surface area contributed by atoms with Gasteiger partial charge in [-0.1, -0.05) is 18.2 Å². The second-order valence-corrected chi connectivity index (χ2v) is 6.05. The quantitative estimate of drug-likeness (QED) is 0.804. The number of hydrogen-bond acceptors (Lipinski definition) is 5. The van der Waals surface area contributed by atoms with Crippen molar-refractivity contribution < 1.29 is 17.9 Å². The van der Waals surface area contributed by atoms with E-state index in [-0.39, 0.29) is 10.8 Å². The van der Waals surface area contributed by atoms with Gasteiger partial charge in [-0.05, 0) is 29.8 Å². The van der Waals surface area contributed by atoms with Crippen molar-refractivity contribution in [1.29, 1.82) is 0 Å². The van der Waals surface area contributed by atoms with Crippen molar-refractivity contribution in [1.82, 2.24) is 4.98 Å². The first kappa shape index (κ1) is 14.2. The van der Waals surface area contributed by atoms with Gasteiger partial charge in [-0.2, -0.15) is 0 Å². The first-order valence-electron chi connectivity index (χ1n) is 5.84. The molecule has 0 saturated carbocycles. The molecule has 0 spiro atoms. The number of rotatable bonds is 4. The van der Waals surface area contributed by atoms with Crippen LogP contribution in [-0.4, -0.2) is 26.5 Å². The lowest BCUT2D eigenvalue weighted by molar-refractivity contribution is 0.0600. The summed E-state index contributed by atoms with van der Waals surface area (Å²) in [4.78, 5) is 15.1. The molecule has 0 aliphatic rings. The molecule has 1 heterocycles. The zero-order valence-electron chi connectivity index (χ0n) is 10.8. The summed E-state index contributed by atoms with van der Waals surface area (Å²) in [5.74, 6) is -0.616. The first-order chi connectivity index (χ1) is 9.53. The molecule has 0 fully saturated rings. The Balaban J connectivity index is 2.20. The zero-order chi connectivity index (χ0) is 14.6. The van der Waals surface area contributed by atoms with Gasteiger partial charge in [0.2, 0.25) is 0 Å². The highest BCUT2D eigenvalue weighted by molar-refractivity contribution is 7.90. The summed E-state index contributed by atoms with van der Waals surface area (Å²) in [6.07, 6.45) is 1.44. The molecule has 0 bridgehead atoms. The van der Waals surface area contributed by atoms with Crippen LogP contribution in [0.1, 0.15) is 15.9 Å². The van der Waals surface area contributed by atoms with E-state index in [0.717, 1.165) is 0 Å². The number of nitrogens with zero attached hydrogens (tertiary/aromatic N) is 1. The predicted octanol–water partition coefficient (Wildman–Crippen LogP) is 1.84. The van der Waals surface area contributed by atoms with Gasteiger partial charge in [0.25, 0.3) is 0 Å². The number of methoxy groups -OCH3 is 1. The molecule has 0 aliphatic heterocycles. The summed E-state index contributed by atoms with van der Waals surface area (Å²) in [5.41, 5.74) is 0.967. The zero-order valence-corrected chi connectivity index (χ0v) is 11.6. The van der Waals surface area contributed by atoms with Gasteiger partial charge in [0.15, 0.2) is 14.9 Å². The minimum Gasteiger partial charge on any atom is -0.465 e. The van der Waals surface area contributed by atoms with Gasteiger partial charge >= 0.3 is 5.97 Å². The average Bonchev–Trinajstić information content (AvgIpc) is 2.48. The maximum atomic E-state index is 12.1. The van der Waals surface area contributed by atoms with Crippen molar-refractivity contribution in [2.75, 3.05) is 7.11 Å². The number of aromatic nitrogens is 1. The lowest BCUT2D eigenvalue weighted by atomic mass is 10.1. The van der Waals surface area contributed by atoms with Crippen molar-refractivity contribution in [3.05, 3.63) is 59.8 Å². The van der Waals surface area contributed by atoms with E-state index >= 15 is 0 Å². The Labute approximate surface area is 117 Å². The number of benzene rings is 1. The fourth-order valence-electron chi connectivity index (χ4n) is 1.68. The van der Waals surface area contributed by atoms with Gasteiger partial charge in [0.05, 0.1) is 18.4 Å². The first-order valence-corrected chi connectivity index (χ1v) is 7.49. The molecule has 0 N–H and O–H groups in total. The Morgan fingerprint density at radius 2 is 1.85 bits per heavy atom. The molecule has 5 nitrogen and oxygen atoms in total. The SMILES string of the molecule is COC(=O)c1ccc(CS(=O)(=O)c2ccccn2)cc1. The van der Waals surface area contributed by atoms with Gasteiger partial charge in [0.1, 0.15) is 0 Å². The number of esters is 1. The van der Waals surface area contributed by atoms with Gasteiger partial charge < -0.3 is 4.74 Å². The van der Waals surface area contributed by atoms with Gasteiger partial charge in [-0.25, -0.2) is 18.2 Å². The molecule has 6 heteroatoms. The van der Waals surface area contributed by atoms with Crippen molar-refractivity contribution in [2.24, 2.45) is 0 Å². The van der Waals surface area contributed by atoms with Crippen molar-refractivity contribution in [3.8, 4) is 0 Å². The average molecular weight is 291 g/mol. The molecule has 0 amide bonds.